The maximum atomic E-state index is 12.2. The predicted molar refractivity (Wildman–Crippen MR) is 76.6 cm³/mol. The molecule has 0 aliphatic heterocycles. The number of hydrogen-bond donors (Lipinski definition) is 1. The summed E-state index contributed by atoms with van der Waals surface area (Å²) in [6, 6.07) is 17.6. The van der Waals surface area contributed by atoms with Gasteiger partial charge in [-0.3, -0.25) is 9.59 Å². The number of methoxy groups -OCH3 is 1. The maximum absolute atomic E-state index is 12.2. The van der Waals surface area contributed by atoms with Gasteiger partial charge in [0.2, 0.25) is 5.78 Å². The molecule has 0 saturated carbocycles. The van der Waals surface area contributed by atoms with Crippen LogP contribution in [0.3, 0.4) is 0 Å². The molecule has 4 nitrogen and oxygen atoms in total. The third-order valence-electron chi connectivity index (χ3n) is 2.81. The van der Waals surface area contributed by atoms with Crippen molar-refractivity contribution in [2.75, 3.05) is 12.4 Å². The maximum Gasteiger partial charge on any atom is 0.261 e. The van der Waals surface area contributed by atoms with Crippen LogP contribution in [-0.4, -0.2) is 24.9 Å². The quantitative estimate of drug-likeness (QED) is 0.670. The lowest BCUT2D eigenvalue weighted by atomic mass is 10.1. The smallest absolute Gasteiger partial charge is 0.261 e. The third-order valence-corrected chi connectivity index (χ3v) is 2.81. The molecule has 1 unspecified atom stereocenters. The van der Waals surface area contributed by atoms with E-state index in [0.717, 1.165) is 0 Å². The number of carbonyl (C=O) groups excluding carboxylic acids is 2. The summed E-state index contributed by atoms with van der Waals surface area (Å²) < 4.78 is 5.04. The largest absolute Gasteiger partial charge is 0.364 e. The molecule has 102 valence electrons. The zero-order chi connectivity index (χ0) is 14.4. The summed E-state index contributed by atoms with van der Waals surface area (Å²) in [6.45, 7) is 0. The lowest BCUT2D eigenvalue weighted by Crippen LogP contribution is -2.36. The minimum Gasteiger partial charge on any atom is -0.364 e. The molecule has 0 heterocycles. The van der Waals surface area contributed by atoms with E-state index in [9.17, 15) is 9.59 Å². The molecule has 2 aromatic rings. The number of nitrogens with one attached hydrogen (secondary N) is 1. The van der Waals surface area contributed by atoms with Gasteiger partial charge in [0.15, 0.2) is 6.10 Å². The molecule has 1 N–H and O–H groups in total. The molecule has 0 aliphatic rings. The second-order valence-electron chi connectivity index (χ2n) is 4.20. The van der Waals surface area contributed by atoms with Gasteiger partial charge < -0.3 is 10.1 Å². The normalized spacial score (nSPS) is 11.7. The molecular formula is C16H15NO3. The highest BCUT2D eigenvalue weighted by molar-refractivity contribution is 6.16. The molecule has 0 radical (unpaired) electrons. The Hall–Kier alpha value is -2.46. The number of ketones is 1. The van der Waals surface area contributed by atoms with Gasteiger partial charge in [0.1, 0.15) is 0 Å². The molecule has 20 heavy (non-hydrogen) atoms. The summed E-state index contributed by atoms with van der Waals surface area (Å²) in [7, 11) is 1.34. The van der Waals surface area contributed by atoms with Crippen LogP contribution in [0.5, 0.6) is 0 Å². The molecule has 0 aliphatic carbocycles. The van der Waals surface area contributed by atoms with Crippen molar-refractivity contribution >= 4 is 17.4 Å². The average Bonchev–Trinajstić information content (AvgIpc) is 2.49. The van der Waals surface area contributed by atoms with Crippen LogP contribution in [0.15, 0.2) is 60.7 Å². The summed E-state index contributed by atoms with van der Waals surface area (Å²) in [5.41, 5.74) is 1.07. The van der Waals surface area contributed by atoms with E-state index in [0.29, 0.717) is 11.3 Å². The van der Waals surface area contributed by atoms with Crippen molar-refractivity contribution in [3.63, 3.8) is 0 Å². The Morgan fingerprint density at radius 3 is 2.05 bits per heavy atom. The van der Waals surface area contributed by atoms with Gasteiger partial charge >= 0.3 is 0 Å². The fourth-order valence-corrected chi connectivity index (χ4v) is 1.82. The summed E-state index contributed by atoms with van der Waals surface area (Å²) in [5, 5.41) is 2.66. The van der Waals surface area contributed by atoms with Gasteiger partial charge in [-0.1, -0.05) is 48.5 Å². The second-order valence-corrected chi connectivity index (χ2v) is 4.20. The third kappa shape index (κ3) is 3.30. The van der Waals surface area contributed by atoms with E-state index in [1.54, 1.807) is 48.5 Å². The van der Waals surface area contributed by atoms with Crippen LogP contribution in [0.25, 0.3) is 0 Å². The van der Waals surface area contributed by atoms with Gasteiger partial charge in [-0.25, -0.2) is 0 Å². The molecule has 0 aromatic heterocycles. The van der Waals surface area contributed by atoms with E-state index in [1.165, 1.54) is 7.11 Å². The standard InChI is InChI=1S/C16H15NO3/c1-20-15(14(18)12-8-4-2-5-9-12)16(19)17-13-10-6-3-7-11-13/h2-11,15H,1H3,(H,17,19). The van der Waals surface area contributed by atoms with Gasteiger partial charge in [-0.15, -0.1) is 0 Å². The first-order chi connectivity index (χ1) is 9.72. The first-order valence-electron chi connectivity index (χ1n) is 6.20. The molecule has 4 heteroatoms. The van der Waals surface area contributed by atoms with Crippen LogP contribution in [0.2, 0.25) is 0 Å². The summed E-state index contributed by atoms with van der Waals surface area (Å²) in [5.74, 6) is -0.839. The number of anilines is 1. The molecule has 2 rings (SSSR count). The van der Waals surface area contributed by atoms with E-state index in [1.807, 2.05) is 12.1 Å². The molecule has 0 saturated heterocycles. The van der Waals surface area contributed by atoms with Crippen LogP contribution < -0.4 is 5.32 Å². The van der Waals surface area contributed by atoms with Crippen LogP contribution in [0, 0.1) is 0 Å². The highest BCUT2D eigenvalue weighted by Crippen LogP contribution is 2.10. The van der Waals surface area contributed by atoms with Gasteiger partial charge in [-0.05, 0) is 12.1 Å². The molecule has 0 bridgehead atoms. The van der Waals surface area contributed by atoms with Gasteiger partial charge in [0, 0.05) is 18.4 Å². The minimum absolute atomic E-state index is 0.360. The van der Waals surface area contributed by atoms with Crippen molar-refractivity contribution in [1.29, 1.82) is 0 Å². The number of carbonyl (C=O) groups is 2. The van der Waals surface area contributed by atoms with Crippen molar-refractivity contribution in [1.82, 2.24) is 0 Å². The number of Topliss-reactive ketones (excluding diaryl/α,β-unsaturated/α-hetero) is 1. The highest BCUT2D eigenvalue weighted by atomic mass is 16.5. The monoisotopic (exact) mass is 269 g/mol. The average molecular weight is 269 g/mol. The Kier molecular flexibility index (Phi) is 4.63. The van der Waals surface area contributed by atoms with Crippen molar-refractivity contribution in [2.24, 2.45) is 0 Å². The van der Waals surface area contributed by atoms with E-state index < -0.39 is 12.0 Å². The number of benzene rings is 2. The lowest BCUT2D eigenvalue weighted by molar-refractivity contribution is -0.123. The first-order valence-corrected chi connectivity index (χ1v) is 6.20. The number of para-hydroxylation sites is 1. The van der Waals surface area contributed by atoms with E-state index >= 15 is 0 Å². The van der Waals surface area contributed by atoms with Gasteiger partial charge in [0.05, 0.1) is 0 Å². The number of hydrogen-bond acceptors (Lipinski definition) is 3. The molecule has 0 fully saturated rings. The molecular weight excluding hydrogens is 254 g/mol. The zero-order valence-corrected chi connectivity index (χ0v) is 11.1. The molecule has 2 aromatic carbocycles. The second kappa shape index (κ2) is 6.63. The number of ether oxygens (including phenoxy) is 1. The van der Waals surface area contributed by atoms with E-state index in [2.05, 4.69) is 5.32 Å². The Balaban J connectivity index is 2.12. The van der Waals surface area contributed by atoms with Crippen molar-refractivity contribution in [3.05, 3.63) is 66.2 Å². The van der Waals surface area contributed by atoms with Crippen molar-refractivity contribution in [3.8, 4) is 0 Å². The zero-order valence-electron chi connectivity index (χ0n) is 11.1. The molecule has 1 atom stereocenters. The fraction of sp³-hybridized carbons (Fsp3) is 0.125. The SMILES string of the molecule is COC(C(=O)Nc1ccccc1)C(=O)c1ccccc1. The Bertz CT molecular complexity index is 581. The Labute approximate surface area is 117 Å². The molecule has 1 amide bonds. The van der Waals surface area contributed by atoms with E-state index in [-0.39, 0.29) is 5.78 Å². The highest BCUT2D eigenvalue weighted by Gasteiger charge is 2.27. The van der Waals surface area contributed by atoms with E-state index in [4.69, 9.17) is 4.74 Å². The Morgan fingerprint density at radius 1 is 0.950 bits per heavy atom. The minimum atomic E-state index is -1.15. The van der Waals surface area contributed by atoms with Crippen molar-refractivity contribution in [2.45, 2.75) is 6.10 Å². The number of rotatable bonds is 5. The number of amides is 1. The lowest BCUT2D eigenvalue weighted by Gasteiger charge is -2.14. The van der Waals surface area contributed by atoms with Crippen LogP contribution in [-0.2, 0) is 9.53 Å². The summed E-state index contributed by atoms with van der Waals surface area (Å²) in [6.07, 6.45) is -1.15. The van der Waals surface area contributed by atoms with Crippen LogP contribution in [0.1, 0.15) is 10.4 Å². The molecule has 0 spiro atoms. The summed E-state index contributed by atoms with van der Waals surface area (Å²) in [4.78, 5) is 24.3. The fourth-order valence-electron chi connectivity index (χ4n) is 1.82. The topological polar surface area (TPSA) is 55.4 Å². The van der Waals surface area contributed by atoms with Gasteiger partial charge in [-0.2, -0.15) is 0 Å². The first kappa shape index (κ1) is 14.0. The predicted octanol–water partition coefficient (Wildman–Crippen LogP) is 2.52. The summed E-state index contributed by atoms with van der Waals surface area (Å²) >= 11 is 0. The Morgan fingerprint density at radius 2 is 1.50 bits per heavy atom. The van der Waals surface area contributed by atoms with Gasteiger partial charge in [0.25, 0.3) is 5.91 Å². The van der Waals surface area contributed by atoms with Crippen LogP contribution in [0.4, 0.5) is 5.69 Å². The van der Waals surface area contributed by atoms with Crippen LogP contribution >= 0.6 is 0 Å². The van der Waals surface area contributed by atoms with Crippen molar-refractivity contribution < 1.29 is 14.3 Å².